The Morgan fingerprint density at radius 2 is 1.83 bits per heavy atom. The van der Waals surface area contributed by atoms with Crippen molar-refractivity contribution >= 4 is 35.0 Å². The smallest absolute Gasteiger partial charge is 0.244 e. The van der Waals surface area contributed by atoms with Crippen LogP contribution in [0.15, 0.2) is 18.2 Å². The quantitative estimate of drug-likeness (QED) is 0.855. The molecule has 0 aromatic heterocycles. The lowest BCUT2D eigenvalue weighted by Crippen LogP contribution is -2.39. The van der Waals surface area contributed by atoms with Crippen molar-refractivity contribution in [3.8, 4) is 0 Å². The average molecular weight is 347 g/mol. The molecular formula is C18H19ClN2O3. The van der Waals surface area contributed by atoms with Gasteiger partial charge in [-0.1, -0.05) is 17.7 Å². The molecule has 4 rings (SSSR count). The van der Waals surface area contributed by atoms with E-state index >= 15 is 0 Å². The van der Waals surface area contributed by atoms with Crippen molar-refractivity contribution in [2.75, 3.05) is 11.9 Å². The number of carbonyl (C=O) groups is 3. The number of nitrogens with zero attached hydrogens (tertiary/aromatic N) is 1. The molecule has 1 heterocycles. The number of halogens is 1. The zero-order valence-electron chi connectivity index (χ0n) is 13.4. The summed E-state index contributed by atoms with van der Waals surface area (Å²) in [4.78, 5) is 38.7. The summed E-state index contributed by atoms with van der Waals surface area (Å²) in [6.45, 7) is 1.60. The van der Waals surface area contributed by atoms with Gasteiger partial charge in [0.1, 0.15) is 6.54 Å². The Morgan fingerprint density at radius 1 is 1.21 bits per heavy atom. The maximum absolute atomic E-state index is 12.6. The molecule has 2 saturated carbocycles. The fourth-order valence-corrected chi connectivity index (χ4v) is 4.88. The van der Waals surface area contributed by atoms with Crippen molar-refractivity contribution in [3.05, 3.63) is 28.8 Å². The van der Waals surface area contributed by atoms with Gasteiger partial charge in [0.25, 0.3) is 0 Å². The Bertz CT molecular complexity index is 720. The molecule has 1 aliphatic heterocycles. The highest BCUT2D eigenvalue weighted by Gasteiger charge is 2.60. The Labute approximate surface area is 145 Å². The summed E-state index contributed by atoms with van der Waals surface area (Å²) >= 11 is 6.05. The number of nitrogens with one attached hydrogen (secondary N) is 1. The minimum Gasteiger partial charge on any atom is -0.324 e. The third-order valence-corrected chi connectivity index (χ3v) is 6.27. The lowest BCUT2D eigenvalue weighted by Gasteiger charge is -2.19. The Hall–Kier alpha value is -1.88. The molecule has 6 heteroatoms. The molecule has 0 radical (unpaired) electrons. The van der Waals surface area contributed by atoms with Crippen molar-refractivity contribution < 1.29 is 14.4 Å². The molecule has 0 spiro atoms. The second kappa shape index (κ2) is 5.59. The zero-order chi connectivity index (χ0) is 17.0. The lowest BCUT2D eigenvalue weighted by atomic mass is 9.81. The third kappa shape index (κ3) is 2.25. The van der Waals surface area contributed by atoms with E-state index in [1.807, 2.05) is 6.92 Å². The molecule has 126 valence electrons. The van der Waals surface area contributed by atoms with Crippen LogP contribution in [0.25, 0.3) is 0 Å². The average Bonchev–Trinajstić information content (AvgIpc) is 3.22. The predicted octanol–water partition coefficient (Wildman–Crippen LogP) is 2.62. The molecule has 2 aliphatic carbocycles. The van der Waals surface area contributed by atoms with Crippen molar-refractivity contribution in [2.45, 2.75) is 26.2 Å². The fraction of sp³-hybridized carbons (Fsp3) is 0.500. The number of likely N-dealkylation sites (tertiary alicyclic amines) is 1. The van der Waals surface area contributed by atoms with Gasteiger partial charge < -0.3 is 5.32 Å². The van der Waals surface area contributed by atoms with E-state index in [-0.39, 0.29) is 36.1 Å². The van der Waals surface area contributed by atoms with Gasteiger partial charge >= 0.3 is 0 Å². The molecule has 3 fully saturated rings. The van der Waals surface area contributed by atoms with Gasteiger partial charge in [-0.15, -0.1) is 0 Å². The van der Waals surface area contributed by atoms with Crippen LogP contribution in [0.5, 0.6) is 0 Å². The molecule has 1 saturated heterocycles. The summed E-state index contributed by atoms with van der Waals surface area (Å²) in [5, 5.41) is 3.32. The van der Waals surface area contributed by atoms with E-state index in [0.29, 0.717) is 22.5 Å². The van der Waals surface area contributed by atoms with E-state index in [4.69, 9.17) is 11.6 Å². The number of anilines is 1. The summed E-state index contributed by atoms with van der Waals surface area (Å²) in [5.74, 6) is -0.381. The van der Waals surface area contributed by atoms with Crippen molar-refractivity contribution in [1.82, 2.24) is 4.90 Å². The molecule has 24 heavy (non-hydrogen) atoms. The first-order chi connectivity index (χ1) is 11.5. The van der Waals surface area contributed by atoms with Gasteiger partial charge in [-0.25, -0.2) is 0 Å². The first-order valence-corrected chi connectivity index (χ1v) is 8.75. The topological polar surface area (TPSA) is 66.5 Å². The maximum Gasteiger partial charge on any atom is 0.244 e. The van der Waals surface area contributed by atoms with Gasteiger partial charge in [-0.3, -0.25) is 19.3 Å². The van der Waals surface area contributed by atoms with Crippen LogP contribution in [0.1, 0.15) is 24.8 Å². The normalized spacial score (nSPS) is 30.8. The van der Waals surface area contributed by atoms with E-state index in [0.717, 1.165) is 29.7 Å². The maximum atomic E-state index is 12.6. The Balaban J connectivity index is 1.47. The predicted molar refractivity (Wildman–Crippen MR) is 89.3 cm³/mol. The molecule has 4 atom stereocenters. The number of fused-ring (bicyclic) bond motifs is 5. The Morgan fingerprint density at radius 3 is 2.46 bits per heavy atom. The van der Waals surface area contributed by atoms with E-state index in [1.54, 1.807) is 18.2 Å². The molecule has 1 aromatic rings. The van der Waals surface area contributed by atoms with E-state index in [9.17, 15) is 14.4 Å². The minimum atomic E-state index is -0.366. The summed E-state index contributed by atoms with van der Waals surface area (Å²) in [7, 11) is 0. The second-order valence-corrected chi connectivity index (χ2v) is 7.52. The SMILES string of the molecule is Cc1c(Cl)cccc1NC(=O)CN1C(=O)[C@@H]2[C@H]3CC[C@@H](C3)[C@@H]2C1=O. The number of carbonyl (C=O) groups excluding carboxylic acids is 3. The molecule has 5 nitrogen and oxygen atoms in total. The molecule has 3 amide bonds. The van der Waals surface area contributed by atoms with Gasteiger partial charge in [-0.05, 0) is 55.7 Å². The molecule has 3 aliphatic rings. The van der Waals surface area contributed by atoms with Crippen LogP contribution >= 0.6 is 11.6 Å². The van der Waals surface area contributed by atoms with E-state index < -0.39 is 0 Å². The largest absolute Gasteiger partial charge is 0.324 e. The Kier molecular flexibility index (Phi) is 3.64. The molecule has 0 unspecified atom stereocenters. The number of amides is 3. The summed E-state index contributed by atoms with van der Waals surface area (Å²) in [5.41, 5.74) is 1.37. The first-order valence-electron chi connectivity index (χ1n) is 8.37. The van der Waals surface area contributed by atoms with Gasteiger partial charge in [0.2, 0.25) is 17.7 Å². The molecule has 1 N–H and O–H groups in total. The zero-order valence-corrected chi connectivity index (χ0v) is 14.2. The third-order valence-electron chi connectivity index (χ3n) is 5.86. The summed E-state index contributed by atoms with van der Waals surface area (Å²) < 4.78 is 0. The lowest BCUT2D eigenvalue weighted by molar-refractivity contribution is -0.143. The number of hydrogen-bond acceptors (Lipinski definition) is 3. The number of rotatable bonds is 3. The van der Waals surface area contributed by atoms with Crippen LogP contribution in [0.2, 0.25) is 5.02 Å². The van der Waals surface area contributed by atoms with Crippen LogP contribution in [0, 0.1) is 30.6 Å². The van der Waals surface area contributed by atoms with Crippen LogP contribution in [0.4, 0.5) is 5.69 Å². The van der Waals surface area contributed by atoms with Gasteiger partial charge in [-0.2, -0.15) is 0 Å². The van der Waals surface area contributed by atoms with Gasteiger partial charge in [0, 0.05) is 10.7 Å². The van der Waals surface area contributed by atoms with Gasteiger partial charge in [0.15, 0.2) is 0 Å². The van der Waals surface area contributed by atoms with Crippen molar-refractivity contribution in [1.29, 1.82) is 0 Å². The number of imide groups is 1. The van der Waals surface area contributed by atoms with Gasteiger partial charge in [0.05, 0.1) is 11.8 Å². The highest BCUT2D eigenvalue weighted by atomic mass is 35.5. The summed E-state index contributed by atoms with van der Waals surface area (Å²) in [6.07, 6.45) is 3.06. The first kappa shape index (κ1) is 15.6. The second-order valence-electron chi connectivity index (χ2n) is 7.11. The monoisotopic (exact) mass is 346 g/mol. The molecular weight excluding hydrogens is 328 g/mol. The highest BCUT2D eigenvalue weighted by Crippen LogP contribution is 2.56. The van der Waals surface area contributed by atoms with E-state index in [2.05, 4.69) is 5.32 Å². The van der Waals surface area contributed by atoms with Crippen LogP contribution in [-0.4, -0.2) is 29.2 Å². The standard InChI is InChI=1S/C18H19ClN2O3/c1-9-12(19)3-2-4-13(9)20-14(22)8-21-17(23)15-10-5-6-11(7-10)16(15)18(21)24/h2-4,10-11,15-16H,5-8H2,1H3,(H,20,22)/t10-,11-,15-,16+/m0/s1. The van der Waals surface area contributed by atoms with Crippen LogP contribution in [0.3, 0.4) is 0 Å². The minimum absolute atomic E-state index is 0.157. The van der Waals surface area contributed by atoms with E-state index in [1.165, 1.54) is 0 Å². The van der Waals surface area contributed by atoms with Crippen molar-refractivity contribution in [3.63, 3.8) is 0 Å². The molecule has 2 bridgehead atoms. The van der Waals surface area contributed by atoms with Crippen molar-refractivity contribution in [2.24, 2.45) is 23.7 Å². The highest BCUT2D eigenvalue weighted by molar-refractivity contribution is 6.31. The number of benzene rings is 1. The number of hydrogen-bond donors (Lipinski definition) is 1. The van der Waals surface area contributed by atoms with Crippen LogP contribution < -0.4 is 5.32 Å². The fourth-order valence-electron chi connectivity index (χ4n) is 4.70. The van der Waals surface area contributed by atoms with Crippen LogP contribution in [-0.2, 0) is 14.4 Å². The summed E-state index contributed by atoms with van der Waals surface area (Å²) in [6, 6.07) is 5.25. The molecule has 1 aromatic carbocycles.